The lowest BCUT2D eigenvalue weighted by molar-refractivity contribution is -0.136. The van der Waals surface area contributed by atoms with Crippen LogP contribution in [0.2, 0.25) is 5.02 Å². The van der Waals surface area contributed by atoms with E-state index in [1.54, 1.807) is 12.1 Å². The molecule has 57 heavy (non-hydrogen) atoms. The molecule has 5 amide bonds. The van der Waals surface area contributed by atoms with E-state index in [4.69, 9.17) is 11.6 Å². The fraction of sp³-hybridized carbons (Fsp3) is 0.455. The predicted molar refractivity (Wildman–Crippen MR) is 214 cm³/mol. The average Bonchev–Trinajstić information content (AvgIpc) is 3.85. The first-order valence-corrected chi connectivity index (χ1v) is 20.5. The number of imide groups is 2. The number of hydrogen-bond acceptors (Lipinski definition) is 9. The van der Waals surface area contributed by atoms with Gasteiger partial charge in [0.2, 0.25) is 11.8 Å². The number of carbonyl (C=O) groups excluding carboxylic acids is 5. The molecule has 0 aliphatic carbocycles. The SMILES string of the molecule is Cc1c(N2CC3(CCN(c4ccc(C(=O)N5CCC(N6Cc7cc8c(cc7C6)C(=O)N(C6CCC(=O)NC6=O)C8=O)CC5)cc4)CC3)CC2C)ccc(C#N)c1Cl. The van der Waals surface area contributed by atoms with E-state index in [2.05, 4.69) is 45.1 Å². The molecule has 0 bridgehead atoms. The second kappa shape index (κ2) is 14.3. The van der Waals surface area contributed by atoms with Crippen molar-refractivity contribution in [1.29, 1.82) is 5.26 Å². The van der Waals surface area contributed by atoms with Crippen molar-refractivity contribution in [2.75, 3.05) is 42.5 Å². The third-order valence-electron chi connectivity index (χ3n) is 13.6. The van der Waals surface area contributed by atoms with Gasteiger partial charge in [0.15, 0.2) is 0 Å². The number of carbonyl (C=O) groups is 5. The molecule has 4 fully saturated rings. The molecule has 12 nitrogen and oxygen atoms in total. The summed E-state index contributed by atoms with van der Waals surface area (Å²) in [5, 5.41) is 12.2. The summed E-state index contributed by atoms with van der Waals surface area (Å²) in [6, 6.07) is 17.5. The number of likely N-dealkylation sites (tertiary alicyclic amines) is 1. The Morgan fingerprint density at radius 2 is 1.54 bits per heavy atom. The number of amides is 5. The molecular weight excluding hydrogens is 742 g/mol. The fourth-order valence-corrected chi connectivity index (χ4v) is 10.6. The zero-order valence-electron chi connectivity index (χ0n) is 32.4. The highest BCUT2D eigenvalue weighted by molar-refractivity contribution is 6.33. The maximum Gasteiger partial charge on any atom is 0.262 e. The minimum Gasteiger partial charge on any atom is -0.371 e. The van der Waals surface area contributed by atoms with Crippen LogP contribution in [0.3, 0.4) is 0 Å². The van der Waals surface area contributed by atoms with E-state index >= 15 is 0 Å². The number of rotatable bonds is 5. The van der Waals surface area contributed by atoms with E-state index in [0.29, 0.717) is 59.5 Å². The van der Waals surface area contributed by atoms with E-state index in [1.807, 2.05) is 36.1 Å². The smallest absolute Gasteiger partial charge is 0.262 e. The van der Waals surface area contributed by atoms with Crippen LogP contribution in [0.25, 0.3) is 0 Å². The van der Waals surface area contributed by atoms with Gasteiger partial charge in [-0.1, -0.05) is 11.6 Å². The Kier molecular flexibility index (Phi) is 9.36. The van der Waals surface area contributed by atoms with Gasteiger partial charge in [0.25, 0.3) is 17.7 Å². The van der Waals surface area contributed by atoms with Gasteiger partial charge >= 0.3 is 0 Å². The van der Waals surface area contributed by atoms with Crippen LogP contribution in [0.5, 0.6) is 0 Å². The molecule has 6 aliphatic heterocycles. The molecule has 1 spiro atoms. The second-order valence-corrected chi connectivity index (χ2v) is 17.3. The number of nitriles is 1. The fourth-order valence-electron chi connectivity index (χ4n) is 10.4. The van der Waals surface area contributed by atoms with E-state index in [9.17, 15) is 29.2 Å². The molecule has 2 atom stereocenters. The van der Waals surface area contributed by atoms with Crippen molar-refractivity contribution in [1.82, 2.24) is 20.0 Å². The van der Waals surface area contributed by atoms with E-state index in [1.165, 1.54) is 0 Å². The molecule has 6 heterocycles. The van der Waals surface area contributed by atoms with Gasteiger partial charge in [-0.3, -0.25) is 39.1 Å². The number of anilines is 2. The standard InChI is InChI=1S/C44H46ClN7O5/c1-26-21-44(25-51(26)36-8-5-29(22-46)39(45)27(36)2)13-17-48(18-14-44)32-6-3-28(4-7-32)41(55)49-15-11-33(12-16-49)50-23-30-19-34-35(20-31(30)24-50)43(57)52(42(34)56)37-9-10-38(53)47-40(37)54/h3-8,19-20,26,33,37H,9-18,21,23-25H2,1-2H3,(H,47,53,54). The van der Waals surface area contributed by atoms with Gasteiger partial charge in [-0.15, -0.1) is 0 Å². The topological polar surface area (TPSA) is 137 Å². The summed E-state index contributed by atoms with van der Waals surface area (Å²) in [7, 11) is 0. The average molecular weight is 788 g/mol. The maximum absolute atomic E-state index is 13.6. The van der Waals surface area contributed by atoms with Crippen LogP contribution in [0.15, 0.2) is 48.5 Å². The monoisotopic (exact) mass is 787 g/mol. The number of hydrogen-bond donors (Lipinski definition) is 1. The molecule has 3 aromatic carbocycles. The lowest BCUT2D eigenvalue weighted by Crippen LogP contribution is -2.54. The Labute approximate surface area is 337 Å². The molecule has 3 aromatic rings. The molecule has 0 saturated carbocycles. The summed E-state index contributed by atoms with van der Waals surface area (Å²) in [6.45, 7) is 9.83. The zero-order valence-corrected chi connectivity index (χ0v) is 33.1. The van der Waals surface area contributed by atoms with Crippen molar-refractivity contribution < 1.29 is 24.0 Å². The quantitative estimate of drug-likeness (QED) is 0.336. The van der Waals surface area contributed by atoms with Gasteiger partial charge in [0.05, 0.1) is 21.7 Å². The van der Waals surface area contributed by atoms with Crippen molar-refractivity contribution in [2.24, 2.45) is 5.41 Å². The number of nitrogens with one attached hydrogen (secondary N) is 1. The van der Waals surface area contributed by atoms with Crippen molar-refractivity contribution in [3.63, 3.8) is 0 Å². The van der Waals surface area contributed by atoms with Crippen LogP contribution in [0.4, 0.5) is 11.4 Å². The van der Waals surface area contributed by atoms with Crippen molar-refractivity contribution >= 4 is 52.5 Å². The number of fused-ring (bicyclic) bond motifs is 2. The minimum atomic E-state index is -0.975. The van der Waals surface area contributed by atoms with Gasteiger partial charge in [0, 0.05) is 81.3 Å². The molecule has 4 saturated heterocycles. The van der Waals surface area contributed by atoms with E-state index in [0.717, 1.165) is 84.7 Å². The van der Waals surface area contributed by atoms with Gasteiger partial charge in [0.1, 0.15) is 12.1 Å². The van der Waals surface area contributed by atoms with Crippen LogP contribution in [-0.4, -0.2) is 95.1 Å². The van der Waals surface area contributed by atoms with Crippen molar-refractivity contribution in [3.05, 3.63) is 92.5 Å². The van der Waals surface area contributed by atoms with Gasteiger partial charge in [-0.2, -0.15) is 5.26 Å². The predicted octanol–water partition coefficient (Wildman–Crippen LogP) is 5.43. The molecule has 9 rings (SSSR count). The third-order valence-corrected chi connectivity index (χ3v) is 14.1. The number of nitrogens with zero attached hydrogens (tertiary/aromatic N) is 6. The Hall–Kier alpha value is -5.25. The molecule has 2 unspecified atom stereocenters. The Balaban J connectivity index is 0.769. The lowest BCUT2D eigenvalue weighted by Gasteiger charge is -2.40. The summed E-state index contributed by atoms with van der Waals surface area (Å²) in [6.07, 6.45) is 5.21. The Morgan fingerprint density at radius 3 is 2.16 bits per heavy atom. The van der Waals surface area contributed by atoms with Crippen molar-refractivity contribution in [2.45, 2.75) is 90.0 Å². The normalized spacial score (nSPS) is 23.6. The first-order valence-electron chi connectivity index (χ1n) is 20.2. The molecular formula is C44H46ClN7O5. The Bertz CT molecular complexity index is 2210. The highest BCUT2D eigenvalue weighted by Gasteiger charge is 2.47. The summed E-state index contributed by atoms with van der Waals surface area (Å²) >= 11 is 6.54. The van der Waals surface area contributed by atoms with Crippen LogP contribution >= 0.6 is 11.6 Å². The lowest BCUT2D eigenvalue weighted by atomic mass is 9.76. The van der Waals surface area contributed by atoms with E-state index < -0.39 is 29.7 Å². The van der Waals surface area contributed by atoms with E-state index in [-0.39, 0.29) is 30.2 Å². The molecule has 1 N–H and O–H groups in total. The summed E-state index contributed by atoms with van der Waals surface area (Å²) in [5.41, 5.74) is 7.34. The van der Waals surface area contributed by atoms with Crippen LogP contribution in [0, 0.1) is 23.7 Å². The van der Waals surface area contributed by atoms with Crippen LogP contribution in [-0.2, 0) is 22.7 Å². The van der Waals surface area contributed by atoms with Crippen molar-refractivity contribution in [3.8, 4) is 6.07 Å². The maximum atomic E-state index is 13.6. The van der Waals surface area contributed by atoms with Crippen LogP contribution < -0.4 is 15.1 Å². The Morgan fingerprint density at radius 1 is 0.895 bits per heavy atom. The summed E-state index contributed by atoms with van der Waals surface area (Å²) in [4.78, 5) is 74.7. The van der Waals surface area contributed by atoms with Gasteiger partial charge in [-0.25, -0.2) is 0 Å². The third kappa shape index (κ3) is 6.45. The minimum absolute atomic E-state index is 0.0505. The number of piperidine rings is 3. The largest absolute Gasteiger partial charge is 0.371 e. The highest BCUT2D eigenvalue weighted by atomic mass is 35.5. The summed E-state index contributed by atoms with van der Waals surface area (Å²) < 4.78 is 0. The highest BCUT2D eigenvalue weighted by Crippen LogP contribution is 2.47. The molecule has 0 aromatic heterocycles. The summed E-state index contributed by atoms with van der Waals surface area (Å²) in [5.74, 6) is -1.92. The first-order chi connectivity index (χ1) is 27.4. The zero-order chi connectivity index (χ0) is 39.7. The molecule has 294 valence electrons. The number of halogens is 1. The van der Waals surface area contributed by atoms with Gasteiger partial charge in [-0.05, 0) is 123 Å². The number of benzene rings is 3. The van der Waals surface area contributed by atoms with Gasteiger partial charge < -0.3 is 14.7 Å². The first kappa shape index (κ1) is 37.3. The second-order valence-electron chi connectivity index (χ2n) is 16.9. The van der Waals surface area contributed by atoms with Crippen LogP contribution in [0.1, 0.15) is 105 Å². The molecule has 0 radical (unpaired) electrons. The molecule has 13 heteroatoms. The molecule has 6 aliphatic rings.